The van der Waals surface area contributed by atoms with Crippen LogP contribution < -0.4 is 0 Å². The van der Waals surface area contributed by atoms with Crippen molar-refractivity contribution in [2.24, 2.45) is 0 Å². The summed E-state index contributed by atoms with van der Waals surface area (Å²) in [7, 11) is 0. The molecule has 2 saturated heterocycles. The van der Waals surface area contributed by atoms with E-state index in [0.717, 1.165) is 10.5 Å². The Bertz CT molecular complexity index is 597. The van der Waals surface area contributed by atoms with Gasteiger partial charge in [-0.05, 0) is 5.56 Å². The number of amides is 2. The first-order valence-electron chi connectivity index (χ1n) is 7.12. The van der Waals surface area contributed by atoms with Crippen molar-refractivity contribution >= 4 is 17.8 Å². The fourth-order valence-corrected chi connectivity index (χ4v) is 2.40. The molecule has 1 aromatic rings. The Hall–Kier alpha value is -2.29. The fourth-order valence-electron chi connectivity index (χ4n) is 2.40. The average Bonchev–Trinajstić information content (AvgIpc) is 3.06. The SMILES string of the molecule is O=C(OCc1ccccc1)C(=O)N1C(=O)C[C@@H]1CC1OCOO1. The monoisotopic (exact) mass is 321 g/mol. The molecule has 0 bridgehead atoms. The van der Waals surface area contributed by atoms with E-state index in [1.165, 1.54) is 0 Å². The maximum absolute atomic E-state index is 12.1. The molecule has 0 saturated carbocycles. The van der Waals surface area contributed by atoms with E-state index in [0.29, 0.717) is 0 Å². The number of nitrogens with zero attached hydrogens (tertiary/aromatic N) is 1. The summed E-state index contributed by atoms with van der Waals surface area (Å²) in [6.07, 6.45) is -0.242. The summed E-state index contributed by atoms with van der Waals surface area (Å²) in [5.41, 5.74) is 0.755. The normalized spacial score (nSPS) is 23.5. The number of rotatable bonds is 4. The average molecular weight is 321 g/mol. The van der Waals surface area contributed by atoms with Crippen LogP contribution in [0.2, 0.25) is 0 Å². The maximum atomic E-state index is 12.1. The van der Waals surface area contributed by atoms with Gasteiger partial charge in [0.25, 0.3) is 0 Å². The Morgan fingerprint density at radius 2 is 2.04 bits per heavy atom. The molecule has 2 aliphatic rings. The fraction of sp³-hybridized carbons (Fsp3) is 0.400. The first-order chi connectivity index (χ1) is 11.1. The van der Waals surface area contributed by atoms with Gasteiger partial charge in [-0.15, -0.1) is 0 Å². The molecule has 0 aromatic heterocycles. The van der Waals surface area contributed by atoms with Crippen LogP contribution in [0.4, 0.5) is 0 Å². The highest BCUT2D eigenvalue weighted by molar-refractivity contribution is 6.36. The van der Waals surface area contributed by atoms with Crippen LogP contribution in [-0.2, 0) is 40.2 Å². The molecule has 2 atom stereocenters. The number of likely N-dealkylation sites (tertiary alicyclic amines) is 1. The van der Waals surface area contributed by atoms with Crippen LogP contribution in [0.3, 0.4) is 0 Å². The molecule has 3 rings (SSSR count). The molecule has 2 heterocycles. The van der Waals surface area contributed by atoms with E-state index < -0.39 is 30.1 Å². The predicted octanol–water partition coefficient (Wildman–Crippen LogP) is 0.509. The number of imide groups is 1. The lowest BCUT2D eigenvalue weighted by Gasteiger charge is -2.38. The Labute approximate surface area is 131 Å². The lowest BCUT2D eigenvalue weighted by atomic mass is 9.98. The Morgan fingerprint density at radius 3 is 2.70 bits per heavy atom. The molecule has 0 N–H and O–H groups in total. The van der Waals surface area contributed by atoms with Crippen molar-refractivity contribution in [1.29, 1.82) is 0 Å². The molecule has 0 radical (unpaired) electrons. The van der Waals surface area contributed by atoms with Gasteiger partial charge in [0.15, 0.2) is 13.1 Å². The van der Waals surface area contributed by atoms with Crippen molar-refractivity contribution in [3.63, 3.8) is 0 Å². The smallest absolute Gasteiger partial charge is 0.397 e. The third-order valence-corrected chi connectivity index (χ3v) is 3.59. The van der Waals surface area contributed by atoms with Crippen molar-refractivity contribution in [2.75, 3.05) is 6.79 Å². The number of carbonyl (C=O) groups is 3. The molecule has 2 aliphatic heterocycles. The molecular formula is C15H15NO7. The summed E-state index contributed by atoms with van der Waals surface area (Å²) in [5, 5.41) is 0. The highest BCUT2D eigenvalue weighted by atomic mass is 17.3. The summed E-state index contributed by atoms with van der Waals surface area (Å²) in [4.78, 5) is 45.8. The number of β-lactam (4-membered cyclic amide) rings is 1. The molecule has 2 fully saturated rings. The number of hydrogen-bond acceptors (Lipinski definition) is 7. The first-order valence-corrected chi connectivity index (χ1v) is 7.12. The number of esters is 1. The van der Waals surface area contributed by atoms with Gasteiger partial charge in [-0.1, -0.05) is 30.3 Å². The van der Waals surface area contributed by atoms with Gasteiger partial charge < -0.3 is 9.47 Å². The van der Waals surface area contributed by atoms with E-state index in [2.05, 4.69) is 4.89 Å². The third kappa shape index (κ3) is 3.55. The third-order valence-electron chi connectivity index (χ3n) is 3.59. The van der Waals surface area contributed by atoms with Gasteiger partial charge in [-0.25, -0.2) is 14.6 Å². The van der Waals surface area contributed by atoms with Gasteiger partial charge >= 0.3 is 11.9 Å². The largest absolute Gasteiger partial charge is 0.454 e. The van der Waals surface area contributed by atoms with E-state index in [1.54, 1.807) is 24.3 Å². The number of hydrogen-bond donors (Lipinski definition) is 0. The molecule has 0 aliphatic carbocycles. The Balaban J connectivity index is 1.53. The van der Waals surface area contributed by atoms with Crippen LogP contribution >= 0.6 is 0 Å². The van der Waals surface area contributed by atoms with Crippen LogP contribution in [0.1, 0.15) is 18.4 Å². The van der Waals surface area contributed by atoms with Gasteiger partial charge in [-0.3, -0.25) is 14.5 Å². The Morgan fingerprint density at radius 1 is 1.26 bits per heavy atom. The number of benzene rings is 1. The van der Waals surface area contributed by atoms with Gasteiger partial charge in [0.05, 0.1) is 6.04 Å². The van der Waals surface area contributed by atoms with E-state index in [4.69, 9.17) is 14.4 Å². The summed E-state index contributed by atoms with van der Waals surface area (Å²) in [6, 6.07) is 8.50. The van der Waals surface area contributed by atoms with Gasteiger partial charge in [0.2, 0.25) is 5.91 Å². The summed E-state index contributed by atoms with van der Waals surface area (Å²) < 4.78 is 10.0. The quantitative estimate of drug-likeness (QED) is 0.345. The topological polar surface area (TPSA) is 91.4 Å². The van der Waals surface area contributed by atoms with Crippen molar-refractivity contribution in [2.45, 2.75) is 31.8 Å². The Kier molecular flexibility index (Phi) is 4.65. The zero-order valence-corrected chi connectivity index (χ0v) is 12.2. The molecule has 1 aromatic carbocycles. The number of carbonyl (C=O) groups excluding carboxylic acids is 3. The van der Waals surface area contributed by atoms with Crippen LogP contribution in [0.5, 0.6) is 0 Å². The van der Waals surface area contributed by atoms with E-state index in [-0.39, 0.29) is 26.2 Å². The molecule has 0 spiro atoms. The van der Waals surface area contributed by atoms with E-state index in [1.807, 2.05) is 6.07 Å². The second-order valence-electron chi connectivity index (χ2n) is 5.15. The van der Waals surface area contributed by atoms with Crippen LogP contribution in [0.15, 0.2) is 30.3 Å². The van der Waals surface area contributed by atoms with Crippen LogP contribution in [0.25, 0.3) is 0 Å². The lowest BCUT2D eigenvalue weighted by Crippen LogP contribution is -2.58. The molecule has 1 unspecified atom stereocenters. The maximum Gasteiger partial charge on any atom is 0.397 e. The number of ether oxygens (including phenoxy) is 2. The summed E-state index contributed by atoms with van der Waals surface area (Å²) in [6.45, 7) is -0.0286. The minimum atomic E-state index is -1.06. The molecular weight excluding hydrogens is 306 g/mol. The summed E-state index contributed by atoms with van der Waals surface area (Å²) >= 11 is 0. The van der Waals surface area contributed by atoms with E-state index in [9.17, 15) is 14.4 Å². The minimum Gasteiger partial charge on any atom is -0.454 e. The summed E-state index contributed by atoms with van der Waals surface area (Å²) in [5.74, 6) is -2.45. The lowest BCUT2D eigenvalue weighted by molar-refractivity contribution is -0.280. The van der Waals surface area contributed by atoms with Crippen molar-refractivity contribution in [1.82, 2.24) is 4.90 Å². The molecule has 122 valence electrons. The van der Waals surface area contributed by atoms with Gasteiger partial charge in [-0.2, -0.15) is 0 Å². The molecule has 2 amide bonds. The van der Waals surface area contributed by atoms with Crippen molar-refractivity contribution in [3.05, 3.63) is 35.9 Å². The predicted molar refractivity (Wildman–Crippen MR) is 73.0 cm³/mol. The molecule has 23 heavy (non-hydrogen) atoms. The van der Waals surface area contributed by atoms with Crippen molar-refractivity contribution in [3.8, 4) is 0 Å². The van der Waals surface area contributed by atoms with Crippen molar-refractivity contribution < 1.29 is 33.6 Å². The van der Waals surface area contributed by atoms with Gasteiger partial charge in [0, 0.05) is 12.8 Å². The highest BCUT2D eigenvalue weighted by Gasteiger charge is 2.45. The zero-order chi connectivity index (χ0) is 16.2. The van der Waals surface area contributed by atoms with Gasteiger partial charge in [0.1, 0.15) is 6.61 Å². The second kappa shape index (κ2) is 6.86. The molecule has 8 heteroatoms. The first kappa shape index (κ1) is 15.6. The minimum absolute atomic E-state index is 0.00159. The zero-order valence-electron chi connectivity index (χ0n) is 12.2. The van der Waals surface area contributed by atoms with E-state index >= 15 is 0 Å². The highest BCUT2D eigenvalue weighted by Crippen LogP contribution is 2.26. The van der Waals surface area contributed by atoms with Crippen LogP contribution in [-0.4, -0.2) is 41.8 Å². The second-order valence-corrected chi connectivity index (χ2v) is 5.15. The van der Waals surface area contributed by atoms with Crippen LogP contribution in [0, 0.1) is 0 Å². The standard InChI is InChI=1S/C15H15NO7/c17-12-6-11(7-13-21-9-22-23-13)16(12)14(18)15(19)20-8-10-4-2-1-3-5-10/h1-5,11,13H,6-9H2/t11-,13?/m1/s1. The molecule has 8 nitrogen and oxygen atoms in total.